The molecule has 0 N–H and O–H groups in total. The lowest BCUT2D eigenvalue weighted by atomic mass is 10.2. The van der Waals surface area contributed by atoms with Gasteiger partial charge >= 0.3 is 0 Å². The molecule has 3 rings (SSSR count). The number of rotatable bonds is 3. The first kappa shape index (κ1) is 14.2. The fraction of sp³-hybridized carbons (Fsp3) is 0.133. The quantitative estimate of drug-likeness (QED) is 0.660. The molecular weight excluding hydrogens is 314 g/mol. The minimum absolute atomic E-state index is 0.210. The van der Waals surface area contributed by atoms with Gasteiger partial charge in [0.2, 0.25) is 0 Å². The average molecular weight is 325 g/mol. The highest BCUT2D eigenvalue weighted by atomic mass is 35.5. The van der Waals surface area contributed by atoms with E-state index in [0.717, 1.165) is 5.69 Å². The van der Waals surface area contributed by atoms with Crippen LogP contribution >= 0.6 is 23.2 Å². The first-order valence-corrected chi connectivity index (χ1v) is 7.12. The molecule has 0 radical (unpaired) electrons. The van der Waals surface area contributed by atoms with Crippen molar-refractivity contribution in [3.63, 3.8) is 0 Å². The maximum absolute atomic E-state index is 13.5. The van der Waals surface area contributed by atoms with Crippen molar-refractivity contribution in [1.29, 1.82) is 0 Å². The molecule has 0 aliphatic heterocycles. The molecule has 1 heterocycles. The van der Waals surface area contributed by atoms with Gasteiger partial charge in [-0.1, -0.05) is 11.6 Å². The molecule has 0 unspecified atom stereocenters. The van der Waals surface area contributed by atoms with Crippen molar-refractivity contribution >= 4 is 34.2 Å². The highest BCUT2D eigenvalue weighted by molar-refractivity contribution is 6.32. The van der Waals surface area contributed by atoms with Crippen molar-refractivity contribution in [3.8, 4) is 11.4 Å². The molecule has 6 heteroatoms. The molecule has 0 spiro atoms. The fourth-order valence-corrected chi connectivity index (χ4v) is 2.64. The highest BCUT2D eigenvalue weighted by Crippen LogP contribution is 2.30. The highest BCUT2D eigenvalue weighted by Gasteiger charge is 2.14. The van der Waals surface area contributed by atoms with E-state index < -0.39 is 0 Å². The average Bonchev–Trinajstić information content (AvgIpc) is 2.85. The molecule has 0 aliphatic carbocycles. The summed E-state index contributed by atoms with van der Waals surface area (Å²) in [5.74, 6) is 1.04. The summed E-state index contributed by atoms with van der Waals surface area (Å²) in [6, 6.07) is 9.74. The number of nitrogens with zero attached hydrogens (tertiary/aromatic N) is 2. The van der Waals surface area contributed by atoms with Crippen LogP contribution in [0.1, 0.15) is 5.82 Å². The van der Waals surface area contributed by atoms with Crippen LogP contribution in [0.2, 0.25) is 5.02 Å². The fourth-order valence-electron chi connectivity index (χ4n) is 2.26. The Kier molecular flexibility index (Phi) is 3.74. The summed E-state index contributed by atoms with van der Waals surface area (Å²) in [6.07, 6.45) is 0. The third-order valence-electron chi connectivity index (χ3n) is 3.20. The normalized spacial score (nSPS) is 11.0. The molecule has 1 aromatic heterocycles. The van der Waals surface area contributed by atoms with Gasteiger partial charge in [-0.2, -0.15) is 0 Å². The van der Waals surface area contributed by atoms with E-state index in [1.807, 2.05) is 6.07 Å². The molecule has 0 saturated heterocycles. The minimum Gasteiger partial charge on any atom is -0.495 e. The van der Waals surface area contributed by atoms with Crippen LogP contribution in [-0.2, 0) is 5.88 Å². The van der Waals surface area contributed by atoms with Crippen LogP contribution in [0.25, 0.3) is 16.7 Å². The van der Waals surface area contributed by atoms with Crippen molar-refractivity contribution in [2.45, 2.75) is 5.88 Å². The Hall–Kier alpha value is -1.78. The second kappa shape index (κ2) is 5.54. The number of hydrogen-bond donors (Lipinski definition) is 0. The Morgan fingerprint density at radius 2 is 2.05 bits per heavy atom. The van der Waals surface area contributed by atoms with Crippen molar-refractivity contribution in [2.24, 2.45) is 0 Å². The summed E-state index contributed by atoms with van der Waals surface area (Å²) < 4.78 is 20.6. The Bertz CT molecular complexity index is 817. The van der Waals surface area contributed by atoms with E-state index in [4.69, 9.17) is 27.9 Å². The molecule has 2 aromatic carbocycles. The monoisotopic (exact) mass is 324 g/mol. The molecular formula is C15H11Cl2FN2O. The zero-order valence-corrected chi connectivity index (χ0v) is 12.6. The summed E-state index contributed by atoms with van der Waals surface area (Å²) in [5, 5.41) is 0.504. The second-order valence-electron chi connectivity index (χ2n) is 4.45. The van der Waals surface area contributed by atoms with Gasteiger partial charge in [0.05, 0.1) is 34.7 Å². The number of hydrogen-bond acceptors (Lipinski definition) is 2. The van der Waals surface area contributed by atoms with Crippen molar-refractivity contribution in [3.05, 3.63) is 53.1 Å². The van der Waals surface area contributed by atoms with E-state index in [-0.39, 0.29) is 11.7 Å². The van der Waals surface area contributed by atoms with Gasteiger partial charge in [0.15, 0.2) is 0 Å². The van der Waals surface area contributed by atoms with Gasteiger partial charge in [0, 0.05) is 12.1 Å². The summed E-state index contributed by atoms with van der Waals surface area (Å²) in [5.41, 5.74) is 2.09. The summed E-state index contributed by atoms with van der Waals surface area (Å²) in [6.45, 7) is 0. The first-order chi connectivity index (χ1) is 10.1. The minimum atomic E-state index is -0.328. The van der Waals surface area contributed by atoms with Crippen LogP contribution in [-0.4, -0.2) is 16.7 Å². The lowest BCUT2D eigenvalue weighted by Gasteiger charge is -2.10. The molecule has 0 aliphatic rings. The van der Waals surface area contributed by atoms with Crippen molar-refractivity contribution < 1.29 is 9.13 Å². The Morgan fingerprint density at radius 1 is 1.24 bits per heavy atom. The largest absolute Gasteiger partial charge is 0.495 e. The summed E-state index contributed by atoms with van der Waals surface area (Å²) in [7, 11) is 1.54. The number of ether oxygens (including phenoxy) is 1. The van der Waals surface area contributed by atoms with Gasteiger partial charge in [0.1, 0.15) is 17.4 Å². The van der Waals surface area contributed by atoms with E-state index in [1.54, 1.807) is 29.9 Å². The molecule has 0 atom stereocenters. The number of methoxy groups -OCH3 is 1. The van der Waals surface area contributed by atoms with Crippen molar-refractivity contribution in [1.82, 2.24) is 9.55 Å². The SMILES string of the molecule is COc1cc(-n2c(CCl)nc3ccc(F)cc32)ccc1Cl. The molecule has 21 heavy (non-hydrogen) atoms. The molecule has 3 nitrogen and oxygen atoms in total. The predicted octanol–water partition coefficient (Wildman–Crippen LogP) is 4.57. The maximum Gasteiger partial charge on any atom is 0.139 e. The summed E-state index contributed by atoms with van der Waals surface area (Å²) >= 11 is 12.0. The molecule has 108 valence electrons. The van der Waals surface area contributed by atoms with Crippen LogP contribution < -0.4 is 4.74 Å². The van der Waals surface area contributed by atoms with Crippen LogP contribution in [0.5, 0.6) is 5.75 Å². The lowest BCUT2D eigenvalue weighted by Crippen LogP contribution is -2.00. The molecule has 3 aromatic rings. The van der Waals surface area contributed by atoms with Gasteiger partial charge in [-0.3, -0.25) is 4.57 Å². The van der Waals surface area contributed by atoms with Gasteiger partial charge in [-0.05, 0) is 24.3 Å². The number of aromatic nitrogens is 2. The van der Waals surface area contributed by atoms with Crippen molar-refractivity contribution in [2.75, 3.05) is 7.11 Å². The number of imidazole rings is 1. The second-order valence-corrected chi connectivity index (χ2v) is 5.12. The first-order valence-electron chi connectivity index (χ1n) is 6.21. The molecule has 0 amide bonds. The molecule has 0 bridgehead atoms. The van der Waals surface area contributed by atoms with E-state index in [1.165, 1.54) is 12.1 Å². The number of fused-ring (bicyclic) bond motifs is 1. The number of halogens is 3. The predicted molar refractivity (Wildman–Crippen MR) is 82.1 cm³/mol. The Morgan fingerprint density at radius 3 is 2.76 bits per heavy atom. The van der Waals surface area contributed by atoms with Crippen LogP contribution in [0.3, 0.4) is 0 Å². The van der Waals surface area contributed by atoms with Crippen LogP contribution in [0.15, 0.2) is 36.4 Å². The topological polar surface area (TPSA) is 27.1 Å². The lowest BCUT2D eigenvalue weighted by molar-refractivity contribution is 0.415. The van der Waals surface area contributed by atoms with E-state index in [2.05, 4.69) is 4.98 Å². The van der Waals surface area contributed by atoms with E-state index in [9.17, 15) is 4.39 Å². The number of alkyl halides is 1. The third kappa shape index (κ3) is 2.45. The van der Waals surface area contributed by atoms with Gasteiger partial charge < -0.3 is 4.74 Å². The standard InChI is InChI=1S/C15H11Cl2FN2O/c1-21-14-7-10(3-4-11(14)17)20-13-6-9(18)2-5-12(13)19-15(20)8-16/h2-7H,8H2,1H3. The third-order valence-corrected chi connectivity index (χ3v) is 3.75. The van der Waals surface area contributed by atoms with E-state index in [0.29, 0.717) is 27.6 Å². The smallest absolute Gasteiger partial charge is 0.139 e. The van der Waals surface area contributed by atoms with E-state index >= 15 is 0 Å². The Balaban J connectivity index is 2.30. The zero-order chi connectivity index (χ0) is 15.0. The maximum atomic E-state index is 13.5. The van der Waals surface area contributed by atoms with Crippen LogP contribution in [0, 0.1) is 5.82 Å². The van der Waals surface area contributed by atoms with Gasteiger partial charge in [0.25, 0.3) is 0 Å². The number of benzene rings is 2. The Labute approximate surface area is 130 Å². The zero-order valence-electron chi connectivity index (χ0n) is 11.1. The molecule has 0 fully saturated rings. The van der Waals surface area contributed by atoms with Crippen LogP contribution in [0.4, 0.5) is 4.39 Å². The molecule has 0 saturated carbocycles. The van der Waals surface area contributed by atoms with Gasteiger partial charge in [-0.25, -0.2) is 9.37 Å². The van der Waals surface area contributed by atoms with Gasteiger partial charge in [-0.15, -0.1) is 11.6 Å². The summed E-state index contributed by atoms with van der Waals surface area (Å²) in [4.78, 5) is 4.42.